The van der Waals surface area contributed by atoms with Gasteiger partial charge in [-0.15, -0.1) is 0 Å². The Morgan fingerprint density at radius 3 is 2.63 bits per heavy atom. The highest BCUT2D eigenvalue weighted by atomic mass is 35.5. The molecule has 0 amide bonds. The van der Waals surface area contributed by atoms with Crippen LogP contribution in [0.1, 0.15) is 25.7 Å². The Hall–Kier alpha value is -1.47. The monoisotopic (exact) mass is 481 g/mol. The van der Waals surface area contributed by atoms with E-state index in [4.69, 9.17) is 21.1 Å². The lowest BCUT2D eigenvalue weighted by Crippen LogP contribution is -2.39. The molecule has 2 aromatic rings. The van der Waals surface area contributed by atoms with Crippen LogP contribution in [-0.2, 0) is 9.47 Å². The summed E-state index contributed by atoms with van der Waals surface area (Å²) in [5.74, 6) is 0.00835. The number of rotatable bonds is 5. The Balaban J connectivity index is 1.50. The topological polar surface area (TPSA) is 80.7 Å². The van der Waals surface area contributed by atoms with E-state index in [1.54, 1.807) is 0 Å². The Kier molecular flexibility index (Phi) is 6.49. The third-order valence-corrected chi connectivity index (χ3v) is 7.08. The molecule has 2 aromatic heterocycles. The Labute approximate surface area is 182 Å². The van der Waals surface area contributed by atoms with Gasteiger partial charge in [0.1, 0.15) is 18.1 Å². The number of nitrogens with one attached hydrogen (secondary N) is 2. The quantitative estimate of drug-likeness (QED) is 0.609. The summed E-state index contributed by atoms with van der Waals surface area (Å²) in [4.78, 5) is 8.65. The first kappa shape index (κ1) is 21.8. The first-order valence-electron chi connectivity index (χ1n) is 9.33. The highest BCUT2D eigenvalue weighted by Gasteiger charge is 2.40. The summed E-state index contributed by atoms with van der Waals surface area (Å²) in [6.45, 7) is 0.0470. The molecule has 13 heteroatoms. The predicted octanol–water partition coefficient (Wildman–Crippen LogP) is 4.56. The molecule has 164 valence electrons. The molecular weight excluding hydrogens is 463 g/mol. The number of aromatic nitrogens is 2. The van der Waals surface area contributed by atoms with Crippen LogP contribution < -0.4 is 15.3 Å². The number of halogens is 4. The number of pyridine rings is 1. The molecule has 1 saturated carbocycles. The number of nitrogens with zero attached hydrogens (tertiary/aromatic N) is 3. The molecule has 2 N–H and O–H groups in total. The SMILES string of the molecule is FC(F)(F)CNc1cc(NC2CCC3(CC2)OCCO3)ncc1N=c1ssnc1Cl. The van der Waals surface area contributed by atoms with Crippen LogP contribution in [-0.4, -0.2) is 47.1 Å². The molecule has 1 saturated heterocycles. The number of hydrogen-bond donors (Lipinski definition) is 2. The van der Waals surface area contributed by atoms with Crippen LogP contribution in [0.25, 0.3) is 0 Å². The summed E-state index contributed by atoms with van der Waals surface area (Å²) in [6.07, 6.45) is 0.227. The van der Waals surface area contributed by atoms with Gasteiger partial charge in [-0.25, -0.2) is 9.98 Å². The summed E-state index contributed by atoms with van der Waals surface area (Å²) in [6, 6.07) is 1.67. The molecular formula is C17H19ClF3N5O2S2. The first-order chi connectivity index (χ1) is 14.3. The Morgan fingerprint density at radius 1 is 1.27 bits per heavy atom. The van der Waals surface area contributed by atoms with E-state index >= 15 is 0 Å². The average Bonchev–Trinajstić information content (AvgIpc) is 3.33. The highest BCUT2D eigenvalue weighted by molar-refractivity contribution is 7.66. The van der Waals surface area contributed by atoms with E-state index in [2.05, 4.69) is 25.0 Å². The second kappa shape index (κ2) is 8.95. The van der Waals surface area contributed by atoms with Crippen LogP contribution in [0.15, 0.2) is 17.3 Å². The van der Waals surface area contributed by atoms with E-state index in [9.17, 15) is 13.2 Å². The van der Waals surface area contributed by atoms with E-state index in [-0.39, 0.29) is 22.6 Å². The molecule has 2 fully saturated rings. The second-order valence-corrected chi connectivity index (χ2v) is 9.23. The minimum absolute atomic E-state index is 0.131. The zero-order chi connectivity index (χ0) is 21.2. The molecule has 1 spiro atoms. The summed E-state index contributed by atoms with van der Waals surface area (Å²) in [7, 11) is 2.39. The van der Waals surface area contributed by atoms with Crippen LogP contribution >= 0.6 is 32.5 Å². The zero-order valence-electron chi connectivity index (χ0n) is 15.7. The Morgan fingerprint density at radius 2 is 2.00 bits per heavy atom. The van der Waals surface area contributed by atoms with Gasteiger partial charge in [0, 0.05) is 35.5 Å². The van der Waals surface area contributed by atoms with Gasteiger partial charge in [0.2, 0.25) is 0 Å². The summed E-state index contributed by atoms with van der Waals surface area (Å²) in [5.41, 5.74) is 0.479. The van der Waals surface area contributed by atoms with Crippen LogP contribution in [0.4, 0.5) is 30.4 Å². The van der Waals surface area contributed by atoms with Gasteiger partial charge >= 0.3 is 6.18 Å². The second-order valence-electron chi connectivity index (χ2n) is 7.04. The number of anilines is 2. The molecule has 4 rings (SSSR count). The van der Waals surface area contributed by atoms with Crippen molar-refractivity contribution in [2.45, 2.75) is 43.7 Å². The average molecular weight is 482 g/mol. The molecule has 1 aliphatic heterocycles. The van der Waals surface area contributed by atoms with Crippen LogP contribution in [0.3, 0.4) is 0 Å². The van der Waals surface area contributed by atoms with Crippen molar-refractivity contribution in [3.05, 3.63) is 22.1 Å². The fourth-order valence-corrected chi connectivity index (χ4v) is 5.47. The maximum Gasteiger partial charge on any atom is 0.405 e. The fourth-order valence-electron chi connectivity index (χ4n) is 3.48. The van der Waals surface area contributed by atoms with E-state index in [1.165, 1.54) is 22.6 Å². The van der Waals surface area contributed by atoms with Gasteiger partial charge in [0.25, 0.3) is 0 Å². The van der Waals surface area contributed by atoms with Gasteiger partial charge in [-0.3, -0.25) is 0 Å². The van der Waals surface area contributed by atoms with Crippen LogP contribution in [0.2, 0.25) is 5.15 Å². The van der Waals surface area contributed by atoms with E-state index < -0.39 is 18.5 Å². The molecule has 2 aliphatic rings. The van der Waals surface area contributed by atoms with Crippen molar-refractivity contribution in [3.63, 3.8) is 0 Å². The molecule has 1 aliphatic carbocycles. The predicted molar refractivity (Wildman–Crippen MR) is 110 cm³/mol. The van der Waals surface area contributed by atoms with Gasteiger partial charge in [-0.1, -0.05) is 11.6 Å². The van der Waals surface area contributed by atoms with Gasteiger partial charge in [0.05, 0.1) is 25.1 Å². The van der Waals surface area contributed by atoms with Gasteiger partial charge < -0.3 is 20.1 Å². The third-order valence-electron chi connectivity index (χ3n) is 4.91. The summed E-state index contributed by atoms with van der Waals surface area (Å²) in [5, 5.41) is 5.92. The van der Waals surface area contributed by atoms with Crippen molar-refractivity contribution in [2.75, 3.05) is 30.4 Å². The van der Waals surface area contributed by atoms with Crippen molar-refractivity contribution in [1.29, 1.82) is 0 Å². The third kappa shape index (κ3) is 5.41. The maximum absolute atomic E-state index is 12.8. The van der Waals surface area contributed by atoms with E-state index in [1.807, 2.05) is 0 Å². The standard InChI is InChI=1S/C17H19ClF3N5O2S2/c18-14-15(29-30-26-14)25-12-8-22-13(7-11(12)23-9-17(19,20)21)24-10-1-3-16(4-2-10)27-5-6-28-16/h7-8,10H,1-6,9H2,(H2,22,23,24). The normalized spacial score (nSPS) is 20.1. The lowest BCUT2D eigenvalue weighted by Gasteiger charge is -2.35. The summed E-state index contributed by atoms with van der Waals surface area (Å²) >= 11 is 5.97. The fraction of sp³-hybridized carbons (Fsp3) is 0.588. The van der Waals surface area contributed by atoms with Crippen LogP contribution in [0, 0.1) is 0 Å². The molecule has 0 unspecified atom stereocenters. The molecule has 0 bridgehead atoms. The van der Waals surface area contributed by atoms with Crippen molar-refractivity contribution in [1.82, 2.24) is 9.36 Å². The molecule has 0 aromatic carbocycles. The zero-order valence-corrected chi connectivity index (χ0v) is 18.1. The minimum Gasteiger partial charge on any atom is -0.375 e. The minimum atomic E-state index is -4.36. The van der Waals surface area contributed by atoms with E-state index in [0.29, 0.717) is 23.7 Å². The number of ether oxygens (including phenoxy) is 2. The highest BCUT2D eigenvalue weighted by Crippen LogP contribution is 2.37. The lowest BCUT2D eigenvalue weighted by atomic mass is 9.90. The van der Waals surface area contributed by atoms with Crippen molar-refractivity contribution in [2.24, 2.45) is 4.99 Å². The molecule has 7 nitrogen and oxygen atoms in total. The summed E-state index contributed by atoms with van der Waals surface area (Å²) < 4.78 is 54.1. The first-order valence-corrected chi connectivity index (χ1v) is 11.8. The van der Waals surface area contributed by atoms with Gasteiger partial charge in [-0.2, -0.15) is 17.5 Å². The van der Waals surface area contributed by atoms with Crippen molar-refractivity contribution in [3.8, 4) is 0 Å². The van der Waals surface area contributed by atoms with Gasteiger partial charge in [-0.05, 0) is 23.2 Å². The molecule has 0 atom stereocenters. The Bertz CT molecular complexity index is 936. The van der Waals surface area contributed by atoms with Crippen LogP contribution in [0.5, 0.6) is 0 Å². The lowest BCUT2D eigenvalue weighted by molar-refractivity contribution is -0.177. The number of alkyl halides is 3. The van der Waals surface area contributed by atoms with E-state index in [0.717, 1.165) is 36.2 Å². The van der Waals surface area contributed by atoms with Crippen molar-refractivity contribution >= 4 is 49.7 Å². The van der Waals surface area contributed by atoms with Crippen molar-refractivity contribution < 1.29 is 22.6 Å². The largest absolute Gasteiger partial charge is 0.405 e. The molecule has 3 heterocycles. The maximum atomic E-state index is 12.8. The van der Waals surface area contributed by atoms with Gasteiger partial charge in [0.15, 0.2) is 15.6 Å². The smallest absolute Gasteiger partial charge is 0.375 e. The molecule has 0 radical (unpaired) electrons. The number of hydrogen-bond acceptors (Lipinski definition) is 9. The molecule has 30 heavy (non-hydrogen) atoms.